The summed E-state index contributed by atoms with van der Waals surface area (Å²) in [5.74, 6) is 0.721. The number of nitrogens with one attached hydrogen (secondary N) is 2. The third-order valence-electron chi connectivity index (χ3n) is 3.12. The number of carbonyl (C=O) groups is 1. The van der Waals surface area contributed by atoms with Crippen LogP contribution in [0.4, 0.5) is 5.69 Å². The number of carbonyl (C=O) groups excluding carboxylic acids is 1. The van der Waals surface area contributed by atoms with Gasteiger partial charge < -0.3 is 5.32 Å². The number of nitrogens with zero attached hydrogens (tertiary/aromatic N) is 2. The summed E-state index contributed by atoms with van der Waals surface area (Å²) in [6.07, 6.45) is 0.334. The largest absolute Gasteiger partial charge is 0.326 e. The third kappa shape index (κ3) is 3.32. The van der Waals surface area contributed by atoms with Crippen molar-refractivity contribution in [3.8, 4) is 10.7 Å². The van der Waals surface area contributed by atoms with Gasteiger partial charge in [0, 0.05) is 18.7 Å². The van der Waals surface area contributed by atoms with E-state index in [4.69, 9.17) is 12.2 Å². The summed E-state index contributed by atoms with van der Waals surface area (Å²) >= 11 is 6.84. The number of aromatic nitrogens is 3. The summed E-state index contributed by atoms with van der Waals surface area (Å²) in [4.78, 5) is 13.1. The Hall–Kier alpha value is -2.25. The second kappa shape index (κ2) is 6.67. The van der Waals surface area contributed by atoms with Gasteiger partial charge in [-0.3, -0.25) is 14.5 Å². The molecule has 0 bridgehead atoms. The van der Waals surface area contributed by atoms with Crippen LogP contribution in [0.1, 0.15) is 6.42 Å². The second-order valence-corrected chi connectivity index (χ2v) is 5.98. The Bertz CT molecular complexity index is 806. The number of para-hydroxylation sites is 1. The highest BCUT2D eigenvalue weighted by molar-refractivity contribution is 7.71. The van der Waals surface area contributed by atoms with E-state index in [1.54, 1.807) is 11.3 Å². The number of hydrogen-bond acceptors (Lipinski definition) is 4. The predicted molar refractivity (Wildman–Crippen MR) is 90.4 cm³/mol. The van der Waals surface area contributed by atoms with Crippen molar-refractivity contribution in [3.63, 3.8) is 0 Å². The van der Waals surface area contributed by atoms with Crippen LogP contribution < -0.4 is 5.32 Å². The van der Waals surface area contributed by atoms with Crippen LogP contribution >= 0.6 is 23.6 Å². The molecular weight excluding hydrogens is 316 g/mol. The van der Waals surface area contributed by atoms with Crippen LogP contribution in [-0.4, -0.2) is 20.7 Å². The molecule has 2 heterocycles. The number of aromatic amines is 1. The number of thiophene rings is 1. The molecule has 0 fully saturated rings. The van der Waals surface area contributed by atoms with Crippen LogP contribution in [0.3, 0.4) is 0 Å². The molecule has 1 amide bonds. The van der Waals surface area contributed by atoms with Crippen molar-refractivity contribution < 1.29 is 4.79 Å². The fourth-order valence-electron chi connectivity index (χ4n) is 2.08. The lowest BCUT2D eigenvalue weighted by molar-refractivity contribution is -0.116. The molecule has 0 radical (unpaired) electrons. The van der Waals surface area contributed by atoms with E-state index in [0.29, 0.717) is 17.7 Å². The minimum absolute atomic E-state index is 0.0496. The molecule has 0 atom stereocenters. The predicted octanol–water partition coefficient (Wildman–Crippen LogP) is 3.70. The van der Waals surface area contributed by atoms with Gasteiger partial charge in [0.15, 0.2) is 10.6 Å². The Morgan fingerprint density at radius 2 is 2.09 bits per heavy atom. The number of anilines is 1. The Morgan fingerprint density at radius 3 is 2.82 bits per heavy atom. The Morgan fingerprint density at radius 1 is 1.27 bits per heavy atom. The molecule has 0 aliphatic carbocycles. The first-order chi connectivity index (χ1) is 10.7. The Labute approximate surface area is 136 Å². The van der Waals surface area contributed by atoms with Crippen LogP contribution in [0, 0.1) is 4.77 Å². The molecule has 7 heteroatoms. The Kier molecular flexibility index (Phi) is 4.45. The highest BCUT2D eigenvalue weighted by atomic mass is 32.1. The lowest BCUT2D eigenvalue weighted by atomic mass is 10.3. The van der Waals surface area contributed by atoms with Gasteiger partial charge in [-0.15, -0.1) is 11.3 Å². The van der Waals surface area contributed by atoms with E-state index in [9.17, 15) is 4.79 Å². The highest BCUT2D eigenvalue weighted by Gasteiger charge is 2.11. The number of amides is 1. The molecule has 22 heavy (non-hydrogen) atoms. The van der Waals surface area contributed by atoms with Crippen molar-refractivity contribution >= 4 is 35.1 Å². The fourth-order valence-corrected chi connectivity index (χ4v) is 3.02. The van der Waals surface area contributed by atoms with Gasteiger partial charge in [0.25, 0.3) is 0 Å². The van der Waals surface area contributed by atoms with Crippen molar-refractivity contribution in [2.75, 3.05) is 5.32 Å². The van der Waals surface area contributed by atoms with Gasteiger partial charge in [-0.1, -0.05) is 24.3 Å². The molecule has 112 valence electrons. The van der Waals surface area contributed by atoms with Gasteiger partial charge >= 0.3 is 0 Å². The zero-order chi connectivity index (χ0) is 15.4. The van der Waals surface area contributed by atoms with E-state index in [-0.39, 0.29) is 5.91 Å². The molecule has 3 rings (SSSR count). The molecule has 2 aromatic heterocycles. The van der Waals surface area contributed by atoms with Crippen LogP contribution in [0.25, 0.3) is 10.7 Å². The lowest BCUT2D eigenvalue weighted by Gasteiger charge is -2.07. The maximum Gasteiger partial charge on any atom is 0.226 e. The third-order valence-corrected chi connectivity index (χ3v) is 4.30. The molecule has 5 nitrogen and oxygen atoms in total. The van der Waals surface area contributed by atoms with E-state index in [0.717, 1.165) is 16.4 Å². The zero-order valence-electron chi connectivity index (χ0n) is 11.7. The molecular formula is C15H14N4OS2. The molecule has 0 saturated heterocycles. The summed E-state index contributed by atoms with van der Waals surface area (Å²) in [5, 5.41) is 11.9. The molecule has 0 unspecified atom stereocenters. The van der Waals surface area contributed by atoms with E-state index in [1.165, 1.54) is 0 Å². The monoisotopic (exact) mass is 330 g/mol. The first-order valence-corrected chi connectivity index (χ1v) is 8.07. The van der Waals surface area contributed by atoms with E-state index in [1.807, 2.05) is 52.4 Å². The second-order valence-electron chi connectivity index (χ2n) is 4.65. The molecule has 0 aliphatic heterocycles. The lowest BCUT2D eigenvalue weighted by Crippen LogP contribution is -2.14. The average molecular weight is 330 g/mol. The number of H-pyrrole nitrogens is 1. The SMILES string of the molecule is O=C(CCn1c(-c2cccs2)n[nH]c1=S)Nc1ccccc1. The van der Waals surface area contributed by atoms with Gasteiger partial charge in [-0.2, -0.15) is 5.10 Å². The number of hydrogen-bond donors (Lipinski definition) is 2. The summed E-state index contributed by atoms with van der Waals surface area (Å²) in [6.45, 7) is 0.487. The van der Waals surface area contributed by atoms with E-state index < -0.39 is 0 Å². The average Bonchev–Trinajstić information content (AvgIpc) is 3.16. The summed E-state index contributed by atoms with van der Waals surface area (Å²) in [6, 6.07) is 13.3. The maximum atomic E-state index is 12.0. The van der Waals surface area contributed by atoms with Crippen molar-refractivity contribution in [1.82, 2.24) is 14.8 Å². The number of rotatable bonds is 5. The van der Waals surface area contributed by atoms with Gasteiger partial charge in [-0.25, -0.2) is 0 Å². The summed E-state index contributed by atoms with van der Waals surface area (Å²) in [5.41, 5.74) is 0.793. The standard InChI is InChI=1S/C15H14N4OS2/c20-13(16-11-5-2-1-3-6-11)8-9-19-14(17-18-15(19)21)12-7-4-10-22-12/h1-7,10H,8-9H2,(H,16,20)(H,18,21). The van der Waals surface area contributed by atoms with Crippen molar-refractivity contribution in [3.05, 3.63) is 52.6 Å². The van der Waals surface area contributed by atoms with Crippen LogP contribution in [-0.2, 0) is 11.3 Å². The highest BCUT2D eigenvalue weighted by Crippen LogP contribution is 2.22. The minimum Gasteiger partial charge on any atom is -0.326 e. The fraction of sp³-hybridized carbons (Fsp3) is 0.133. The van der Waals surface area contributed by atoms with Crippen molar-refractivity contribution in [1.29, 1.82) is 0 Å². The van der Waals surface area contributed by atoms with Crippen LogP contribution in [0.15, 0.2) is 47.8 Å². The van der Waals surface area contributed by atoms with E-state index >= 15 is 0 Å². The van der Waals surface area contributed by atoms with Gasteiger partial charge in [0.2, 0.25) is 5.91 Å². The van der Waals surface area contributed by atoms with E-state index in [2.05, 4.69) is 15.5 Å². The van der Waals surface area contributed by atoms with Gasteiger partial charge in [-0.05, 0) is 35.8 Å². The maximum absolute atomic E-state index is 12.0. The molecule has 0 saturated carbocycles. The van der Waals surface area contributed by atoms with Gasteiger partial charge in [0.05, 0.1) is 4.88 Å². The van der Waals surface area contributed by atoms with Crippen molar-refractivity contribution in [2.24, 2.45) is 0 Å². The first kappa shape index (κ1) is 14.7. The summed E-state index contributed by atoms with van der Waals surface area (Å²) < 4.78 is 2.38. The molecule has 0 spiro atoms. The van der Waals surface area contributed by atoms with Crippen molar-refractivity contribution in [2.45, 2.75) is 13.0 Å². The molecule has 0 aliphatic rings. The first-order valence-electron chi connectivity index (χ1n) is 6.78. The minimum atomic E-state index is -0.0496. The Balaban J connectivity index is 1.68. The topological polar surface area (TPSA) is 62.7 Å². The van der Waals surface area contributed by atoms with Crippen LogP contribution in [0.2, 0.25) is 0 Å². The van der Waals surface area contributed by atoms with Crippen LogP contribution in [0.5, 0.6) is 0 Å². The molecule has 1 aromatic carbocycles. The quantitative estimate of drug-likeness (QED) is 0.701. The normalized spacial score (nSPS) is 10.5. The number of benzene rings is 1. The smallest absolute Gasteiger partial charge is 0.226 e. The molecule has 2 N–H and O–H groups in total. The zero-order valence-corrected chi connectivity index (χ0v) is 13.3. The van der Waals surface area contributed by atoms with Gasteiger partial charge in [0.1, 0.15) is 0 Å². The molecule has 3 aromatic rings. The summed E-state index contributed by atoms with van der Waals surface area (Å²) in [7, 11) is 0.